The fourth-order valence-corrected chi connectivity index (χ4v) is 2.11. The summed E-state index contributed by atoms with van der Waals surface area (Å²) in [4.78, 5) is 8.65. The van der Waals surface area contributed by atoms with Gasteiger partial charge in [0.2, 0.25) is 0 Å². The number of hydrogen-bond acceptors (Lipinski definition) is 3. The van der Waals surface area contributed by atoms with Gasteiger partial charge in [-0.05, 0) is 30.5 Å². The molecule has 0 aliphatic heterocycles. The van der Waals surface area contributed by atoms with Crippen LogP contribution < -0.4 is 11.1 Å². The summed E-state index contributed by atoms with van der Waals surface area (Å²) < 4.78 is 5.61. The maximum Gasteiger partial charge on any atom is 0.194 e. The van der Waals surface area contributed by atoms with Crippen molar-refractivity contribution in [3.05, 3.63) is 47.2 Å². The molecule has 0 unspecified atom stereocenters. The molecule has 5 nitrogen and oxygen atoms in total. The lowest BCUT2D eigenvalue weighted by Gasteiger charge is -2.09. The summed E-state index contributed by atoms with van der Waals surface area (Å²) in [6, 6.07) is 8.18. The lowest BCUT2D eigenvalue weighted by Crippen LogP contribution is -2.22. The maximum absolute atomic E-state index is 5.95. The van der Waals surface area contributed by atoms with Gasteiger partial charge in [0.05, 0.1) is 5.69 Å². The molecule has 1 heterocycles. The molecule has 0 bridgehead atoms. The van der Waals surface area contributed by atoms with Crippen molar-refractivity contribution >= 4 is 35.6 Å². The van der Waals surface area contributed by atoms with Crippen molar-refractivity contribution in [1.29, 1.82) is 0 Å². The van der Waals surface area contributed by atoms with Gasteiger partial charge in [-0.2, -0.15) is 0 Å². The first-order valence-corrected chi connectivity index (χ1v) is 7.61. The fourth-order valence-electron chi connectivity index (χ4n) is 2.11. The van der Waals surface area contributed by atoms with E-state index >= 15 is 0 Å². The Morgan fingerprint density at radius 3 is 2.74 bits per heavy atom. The van der Waals surface area contributed by atoms with Gasteiger partial charge in [0.15, 0.2) is 11.9 Å². The fraction of sp³-hybridized carbons (Fsp3) is 0.412. The summed E-state index contributed by atoms with van der Waals surface area (Å²) in [7, 11) is 0. The Bertz CT molecular complexity index is 664. The van der Waals surface area contributed by atoms with E-state index in [0.717, 1.165) is 29.5 Å². The van der Waals surface area contributed by atoms with E-state index in [0.29, 0.717) is 18.4 Å². The Morgan fingerprint density at radius 1 is 1.39 bits per heavy atom. The molecule has 0 radical (unpaired) electrons. The smallest absolute Gasteiger partial charge is 0.194 e. The highest BCUT2D eigenvalue weighted by Gasteiger charge is 2.07. The number of halogens is 1. The van der Waals surface area contributed by atoms with E-state index in [1.54, 1.807) is 0 Å². The molecule has 0 atom stereocenters. The molecular weight excluding hydrogens is 403 g/mol. The maximum atomic E-state index is 5.95. The molecule has 0 amide bonds. The van der Waals surface area contributed by atoms with Crippen molar-refractivity contribution < 1.29 is 4.42 Å². The van der Waals surface area contributed by atoms with Crippen molar-refractivity contribution in [2.75, 3.05) is 5.32 Å². The SMILES string of the molecule is CCc1nc(C)c(CN=C(N)Nc2cccc(C(C)C)c2)o1.I. The number of oxazole rings is 1. The molecule has 0 saturated heterocycles. The molecule has 0 aliphatic rings. The number of benzene rings is 1. The van der Waals surface area contributed by atoms with Crippen molar-refractivity contribution in [1.82, 2.24) is 4.98 Å². The Kier molecular flexibility index (Phi) is 7.54. The predicted octanol–water partition coefficient (Wildman–Crippen LogP) is 4.21. The first-order valence-electron chi connectivity index (χ1n) is 7.61. The monoisotopic (exact) mass is 428 g/mol. The second-order valence-electron chi connectivity index (χ2n) is 5.58. The Labute approximate surface area is 154 Å². The summed E-state index contributed by atoms with van der Waals surface area (Å²) in [5, 5.41) is 3.11. The van der Waals surface area contributed by atoms with Gasteiger partial charge in [-0.25, -0.2) is 9.98 Å². The molecule has 1 aromatic heterocycles. The van der Waals surface area contributed by atoms with Gasteiger partial charge >= 0.3 is 0 Å². The van der Waals surface area contributed by atoms with Crippen LogP contribution in [0.4, 0.5) is 5.69 Å². The van der Waals surface area contributed by atoms with Gasteiger partial charge in [0.25, 0.3) is 0 Å². The molecular formula is C17H25IN4O. The lowest BCUT2D eigenvalue weighted by atomic mass is 10.0. The number of aryl methyl sites for hydroxylation is 2. The average Bonchev–Trinajstić information content (AvgIpc) is 2.86. The topological polar surface area (TPSA) is 76.4 Å². The summed E-state index contributed by atoms with van der Waals surface area (Å²) in [5.74, 6) is 2.34. The number of nitrogens with one attached hydrogen (secondary N) is 1. The van der Waals surface area contributed by atoms with Crippen LogP contribution in [0.15, 0.2) is 33.7 Å². The van der Waals surface area contributed by atoms with Crippen molar-refractivity contribution in [2.45, 2.75) is 46.6 Å². The standard InChI is InChI=1S/C17H24N4O.HI/c1-5-16-20-12(4)15(22-16)10-19-17(18)21-14-8-6-7-13(9-14)11(2)3;/h6-9,11H,5,10H2,1-4H3,(H3,18,19,21);1H. The van der Waals surface area contributed by atoms with Gasteiger partial charge < -0.3 is 15.5 Å². The third-order valence-electron chi connectivity index (χ3n) is 3.46. The summed E-state index contributed by atoms with van der Waals surface area (Å²) in [6.45, 7) is 8.64. The highest BCUT2D eigenvalue weighted by Crippen LogP contribution is 2.18. The van der Waals surface area contributed by atoms with E-state index in [1.165, 1.54) is 5.56 Å². The number of hydrogen-bond donors (Lipinski definition) is 2. The van der Waals surface area contributed by atoms with Crippen molar-refractivity contribution in [3.8, 4) is 0 Å². The predicted molar refractivity (Wildman–Crippen MR) is 106 cm³/mol. The Hall–Kier alpha value is -1.57. The summed E-state index contributed by atoms with van der Waals surface area (Å²) in [5.41, 5.74) is 9.02. The number of nitrogens with two attached hydrogens (primary N) is 1. The third-order valence-corrected chi connectivity index (χ3v) is 3.46. The molecule has 23 heavy (non-hydrogen) atoms. The first-order chi connectivity index (χ1) is 10.5. The van der Waals surface area contributed by atoms with Crippen LogP contribution in [-0.2, 0) is 13.0 Å². The lowest BCUT2D eigenvalue weighted by molar-refractivity contribution is 0.461. The molecule has 3 N–H and O–H groups in total. The van der Waals surface area contributed by atoms with Crippen LogP contribution in [0.2, 0.25) is 0 Å². The molecule has 0 fully saturated rings. The summed E-state index contributed by atoms with van der Waals surface area (Å²) >= 11 is 0. The van der Waals surface area contributed by atoms with Crippen LogP contribution in [0.25, 0.3) is 0 Å². The molecule has 0 spiro atoms. The van der Waals surface area contributed by atoms with E-state index < -0.39 is 0 Å². The highest BCUT2D eigenvalue weighted by atomic mass is 127. The molecule has 2 aromatic rings. The second kappa shape index (κ2) is 8.90. The van der Waals surface area contributed by atoms with Crippen LogP contribution >= 0.6 is 24.0 Å². The zero-order chi connectivity index (χ0) is 16.1. The Morgan fingerprint density at radius 2 is 2.13 bits per heavy atom. The summed E-state index contributed by atoms with van der Waals surface area (Å²) in [6.07, 6.45) is 0.778. The van der Waals surface area contributed by atoms with Gasteiger partial charge in [-0.1, -0.05) is 32.9 Å². The number of aliphatic imine (C=N–C) groups is 1. The minimum atomic E-state index is 0. The zero-order valence-corrected chi connectivity index (χ0v) is 16.4. The second-order valence-corrected chi connectivity index (χ2v) is 5.58. The molecule has 126 valence electrons. The van der Waals surface area contributed by atoms with Crippen LogP contribution in [0.5, 0.6) is 0 Å². The van der Waals surface area contributed by atoms with Crippen LogP contribution in [0.1, 0.15) is 49.6 Å². The van der Waals surface area contributed by atoms with Crippen LogP contribution in [0, 0.1) is 6.92 Å². The normalized spacial score (nSPS) is 11.4. The quantitative estimate of drug-likeness (QED) is 0.425. The van der Waals surface area contributed by atoms with Crippen LogP contribution in [0.3, 0.4) is 0 Å². The molecule has 0 saturated carbocycles. The molecule has 0 aliphatic carbocycles. The first kappa shape index (κ1) is 19.5. The highest BCUT2D eigenvalue weighted by molar-refractivity contribution is 14.0. The number of rotatable bonds is 5. The van der Waals surface area contributed by atoms with Crippen molar-refractivity contribution in [3.63, 3.8) is 0 Å². The minimum Gasteiger partial charge on any atom is -0.443 e. The number of aromatic nitrogens is 1. The van der Waals surface area contributed by atoms with E-state index in [-0.39, 0.29) is 24.0 Å². The van der Waals surface area contributed by atoms with Gasteiger partial charge in [0.1, 0.15) is 12.3 Å². The number of anilines is 1. The van der Waals surface area contributed by atoms with E-state index in [9.17, 15) is 0 Å². The largest absolute Gasteiger partial charge is 0.443 e. The molecule has 2 rings (SSSR count). The van der Waals surface area contributed by atoms with Gasteiger partial charge in [0, 0.05) is 12.1 Å². The average molecular weight is 428 g/mol. The van der Waals surface area contributed by atoms with E-state index in [1.807, 2.05) is 26.0 Å². The molecule has 1 aromatic carbocycles. The zero-order valence-electron chi connectivity index (χ0n) is 14.1. The Balaban J connectivity index is 0.00000264. The number of guanidine groups is 1. The van der Waals surface area contributed by atoms with Crippen LogP contribution in [-0.4, -0.2) is 10.9 Å². The molecule has 6 heteroatoms. The van der Waals surface area contributed by atoms with Gasteiger partial charge in [-0.3, -0.25) is 0 Å². The third kappa shape index (κ3) is 5.53. The van der Waals surface area contributed by atoms with E-state index in [2.05, 4.69) is 41.3 Å². The van der Waals surface area contributed by atoms with Gasteiger partial charge in [-0.15, -0.1) is 24.0 Å². The van der Waals surface area contributed by atoms with Crippen molar-refractivity contribution in [2.24, 2.45) is 10.7 Å². The number of nitrogens with zero attached hydrogens (tertiary/aromatic N) is 2. The minimum absolute atomic E-state index is 0. The van der Waals surface area contributed by atoms with E-state index in [4.69, 9.17) is 10.2 Å².